The zero-order valence-electron chi connectivity index (χ0n) is 12.9. The third-order valence-electron chi connectivity index (χ3n) is 5.38. The Labute approximate surface area is 123 Å². The summed E-state index contributed by atoms with van der Waals surface area (Å²) in [6.07, 6.45) is 12.4. The van der Waals surface area contributed by atoms with E-state index < -0.39 is 5.97 Å². The normalized spacial score (nSPS) is 34.9. The van der Waals surface area contributed by atoms with E-state index in [0.29, 0.717) is 6.10 Å². The van der Waals surface area contributed by atoms with Crippen molar-refractivity contribution in [3.63, 3.8) is 0 Å². The van der Waals surface area contributed by atoms with Crippen LogP contribution in [0.4, 0.5) is 0 Å². The van der Waals surface area contributed by atoms with Gasteiger partial charge in [-0.05, 0) is 70.1 Å². The monoisotopic (exact) mass is 282 g/mol. The highest BCUT2D eigenvalue weighted by Crippen LogP contribution is 2.35. The summed E-state index contributed by atoms with van der Waals surface area (Å²) in [4.78, 5) is 10.9. The Balaban J connectivity index is 1.59. The van der Waals surface area contributed by atoms with Crippen LogP contribution in [-0.4, -0.2) is 23.8 Å². The smallest absolute Gasteiger partial charge is 0.306 e. The fraction of sp³-hybridized carbons (Fsp3) is 0.941. The summed E-state index contributed by atoms with van der Waals surface area (Å²) in [6, 6.07) is 0. The Morgan fingerprint density at radius 3 is 1.90 bits per heavy atom. The standard InChI is InChI=1S/C17H30O3/c1-2-20-16-11-7-14(8-12-16)4-3-13-5-9-15(10-6-13)17(18)19/h13-16H,2-12H2,1H3,(H,18,19). The molecule has 0 heterocycles. The van der Waals surface area contributed by atoms with Crippen molar-refractivity contribution in [3.8, 4) is 0 Å². The third-order valence-corrected chi connectivity index (χ3v) is 5.38. The fourth-order valence-corrected chi connectivity index (χ4v) is 3.99. The van der Waals surface area contributed by atoms with E-state index in [-0.39, 0.29) is 5.92 Å². The molecule has 0 atom stereocenters. The maximum atomic E-state index is 10.9. The number of carbonyl (C=O) groups is 1. The van der Waals surface area contributed by atoms with Crippen LogP contribution in [0.15, 0.2) is 0 Å². The lowest BCUT2D eigenvalue weighted by molar-refractivity contribution is -0.143. The van der Waals surface area contributed by atoms with Crippen molar-refractivity contribution in [3.05, 3.63) is 0 Å². The molecule has 3 nitrogen and oxygen atoms in total. The average Bonchev–Trinajstić information content (AvgIpc) is 2.47. The first-order valence-corrected chi connectivity index (χ1v) is 8.53. The highest BCUT2D eigenvalue weighted by atomic mass is 16.5. The number of carboxylic acids is 1. The van der Waals surface area contributed by atoms with Crippen molar-refractivity contribution in [1.82, 2.24) is 0 Å². The lowest BCUT2D eigenvalue weighted by Crippen LogP contribution is -2.23. The van der Waals surface area contributed by atoms with Crippen molar-refractivity contribution in [1.29, 1.82) is 0 Å². The zero-order chi connectivity index (χ0) is 14.4. The van der Waals surface area contributed by atoms with E-state index in [4.69, 9.17) is 9.84 Å². The van der Waals surface area contributed by atoms with E-state index in [0.717, 1.165) is 44.1 Å². The molecule has 2 saturated carbocycles. The van der Waals surface area contributed by atoms with Gasteiger partial charge in [0.25, 0.3) is 0 Å². The first-order chi connectivity index (χ1) is 9.69. The largest absolute Gasteiger partial charge is 0.481 e. The molecule has 1 N–H and O–H groups in total. The van der Waals surface area contributed by atoms with Crippen LogP contribution in [0.2, 0.25) is 0 Å². The summed E-state index contributed by atoms with van der Waals surface area (Å²) < 4.78 is 5.70. The van der Waals surface area contributed by atoms with E-state index in [2.05, 4.69) is 6.92 Å². The van der Waals surface area contributed by atoms with Crippen LogP contribution in [0.3, 0.4) is 0 Å². The van der Waals surface area contributed by atoms with E-state index in [1.807, 2.05) is 0 Å². The summed E-state index contributed by atoms with van der Waals surface area (Å²) in [5, 5.41) is 9.01. The molecule has 0 aromatic rings. The Hall–Kier alpha value is -0.570. The molecule has 0 aliphatic heterocycles. The van der Waals surface area contributed by atoms with Gasteiger partial charge >= 0.3 is 5.97 Å². The van der Waals surface area contributed by atoms with E-state index in [9.17, 15) is 4.79 Å². The van der Waals surface area contributed by atoms with Gasteiger partial charge in [0.15, 0.2) is 0 Å². The average molecular weight is 282 g/mol. The van der Waals surface area contributed by atoms with E-state index in [1.165, 1.54) is 38.5 Å². The molecule has 0 radical (unpaired) electrons. The highest BCUT2D eigenvalue weighted by Gasteiger charge is 2.27. The van der Waals surface area contributed by atoms with Gasteiger partial charge in [-0.2, -0.15) is 0 Å². The predicted molar refractivity (Wildman–Crippen MR) is 79.7 cm³/mol. The maximum absolute atomic E-state index is 10.9. The van der Waals surface area contributed by atoms with Crippen LogP contribution in [-0.2, 0) is 9.53 Å². The highest BCUT2D eigenvalue weighted by molar-refractivity contribution is 5.69. The molecule has 20 heavy (non-hydrogen) atoms. The van der Waals surface area contributed by atoms with Gasteiger partial charge in [0, 0.05) is 6.61 Å². The minimum absolute atomic E-state index is 0.0621. The van der Waals surface area contributed by atoms with Gasteiger partial charge in [-0.1, -0.05) is 12.8 Å². The van der Waals surface area contributed by atoms with Gasteiger partial charge in [0.1, 0.15) is 0 Å². The van der Waals surface area contributed by atoms with Crippen molar-refractivity contribution in [2.45, 2.75) is 77.2 Å². The molecular formula is C17H30O3. The molecule has 116 valence electrons. The molecule has 0 amide bonds. The minimum atomic E-state index is -0.585. The molecule has 2 fully saturated rings. The first-order valence-electron chi connectivity index (χ1n) is 8.53. The van der Waals surface area contributed by atoms with Crippen molar-refractivity contribution < 1.29 is 14.6 Å². The maximum Gasteiger partial charge on any atom is 0.306 e. The number of ether oxygens (including phenoxy) is 1. The Kier molecular flexibility index (Phi) is 6.34. The molecular weight excluding hydrogens is 252 g/mol. The predicted octanol–water partition coefficient (Wildman–Crippen LogP) is 4.25. The van der Waals surface area contributed by atoms with Crippen LogP contribution < -0.4 is 0 Å². The summed E-state index contributed by atoms with van der Waals surface area (Å²) in [7, 11) is 0. The topological polar surface area (TPSA) is 46.5 Å². The van der Waals surface area contributed by atoms with Crippen molar-refractivity contribution >= 4 is 5.97 Å². The van der Waals surface area contributed by atoms with Gasteiger partial charge in [-0.15, -0.1) is 0 Å². The summed E-state index contributed by atoms with van der Waals surface area (Å²) in [5.74, 6) is 1.03. The molecule has 2 aliphatic carbocycles. The summed E-state index contributed by atoms with van der Waals surface area (Å²) in [6.45, 7) is 2.93. The van der Waals surface area contributed by atoms with Crippen LogP contribution in [0.5, 0.6) is 0 Å². The molecule has 0 aromatic heterocycles. The summed E-state index contributed by atoms with van der Waals surface area (Å²) >= 11 is 0. The van der Waals surface area contributed by atoms with Crippen molar-refractivity contribution in [2.75, 3.05) is 6.61 Å². The van der Waals surface area contributed by atoms with Gasteiger partial charge in [-0.25, -0.2) is 0 Å². The molecule has 0 spiro atoms. The quantitative estimate of drug-likeness (QED) is 0.792. The lowest BCUT2D eigenvalue weighted by Gasteiger charge is -2.31. The fourth-order valence-electron chi connectivity index (χ4n) is 3.99. The molecule has 2 aliphatic rings. The second-order valence-corrected chi connectivity index (χ2v) is 6.73. The number of hydrogen-bond donors (Lipinski definition) is 1. The Morgan fingerprint density at radius 1 is 0.950 bits per heavy atom. The van der Waals surface area contributed by atoms with E-state index >= 15 is 0 Å². The lowest BCUT2D eigenvalue weighted by atomic mass is 9.77. The Bertz CT molecular complexity index is 287. The number of carboxylic acid groups (broad SMARTS) is 1. The Morgan fingerprint density at radius 2 is 1.45 bits per heavy atom. The number of aliphatic carboxylic acids is 1. The number of hydrogen-bond acceptors (Lipinski definition) is 2. The third kappa shape index (κ3) is 4.76. The van der Waals surface area contributed by atoms with Gasteiger partial charge in [0.05, 0.1) is 12.0 Å². The zero-order valence-corrected chi connectivity index (χ0v) is 12.9. The minimum Gasteiger partial charge on any atom is -0.481 e. The molecule has 0 saturated heterocycles. The van der Waals surface area contributed by atoms with Gasteiger partial charge in [-0.3, -0.25) is 4.79 Å². The van der Waals surface area contributed by atoms with Gasteiger partial charge in [0.2, 0.25) is 0 Å². The van der Waals surface area contributed by atoms with Gasteiger partial charge < -0.3 is 9.84 Å². The second kappa shape index (κ2) is 8.02. The second-order valence-electron chi connectivity index (χ2n) is 6.73. The molecule has 2 rings (SSSR count). The molecule has 3 heteroatoms. The van der Waals surface area contributed by atoms with E-state index in [1.54, 1.807) is 0 Å². The van der Waals surface area contributed by atoms with Crippen LogP contribution >= 0.6 is 0 Å². The van der Waals surface area contributed by atoms with Crippen LogP contribution in [0, 0.1) is 17.8 Å². The summed E-state index contributed by atoms with van der Waals surface area (Å²) in [5.41, 5.74) is 0. The molecule has 0 bridgehead atoms. The molecule has 0 aromatic carbocycles. The first kappa shape index (κ1) is 15.8. The number of rotatable bonds is 6. The van der Waals surface area contributed by atoms with Crippen LogP contribution in [0.25, 0.3) is 0 Å². The van der Waals surface area contributed by atoms with Crippen LogP contribution in [0.1, 0.15) is 71.1 Å². The molecule has 0 unspecified atom stereocenters. The SMILES string of the molecule is CCOC1CCC(CCC2CCC(C(=O)O)CC2)CC1. The van der Waals surface area contributed by atoms with Crippen molar-refractivity contribution in [2.24, 2.45) is 17.8 Å².